The van der Waals surface area contributed by atoms with Crippen LogP contribution in [0.3, 0.4) is 0 Å². The molecule has 2 heterocycles. The lowest BCUT2D eigenvalue weighted by atomic mass is 10.1. The van der Waals surface area contributed by atoms with E-state index in [0.29, 0.717) is 18.1 Å². The number of ether oxygens (including phenoxy) is 1. The Kier molecular flexibility index (Phi) is 3.29. The maximum absolute atomic E-state index is 12.4. The van der Waals surface area contributed by atoms with E-state index in [-0.39, 0.29) is 18.1 Å². The van der Waals surface area contributed by atoms with Crippen molar-refractivity contribution in [2.75, 3.05) is 13.2 Å². The molecule has 2 aliphatic rings. The highest BCUT2D eigenvalue weighted by molar-refractivity contribution is 5.94. The molecule has 0 aromatic carbocycles. The van der Waals surface area contributed by atoms with E-state index in [9.17, 15) is 4.79 Å². The Morgan fingerprint density at radius 2 is 2.42 bits per heavy atom. The largest absolute Gasteiger partial charge is 0.372 e. The highest BCUT2D eigenvalue weighted by Crippen LogP contribution is 2.40. The van der Waals surface area contributed by atoms with Crippen LogP contribution in [-0.4, -0.2) is 46.3 Å². The molecule has 1 amide bonds. The molecule has 1 aromatic rings. The Morgan fingerprint density at radius 3 is 3.16 bits per heavy atom. The summed E-state index contributed by atoms with van der Waals surface area (Å²) in [5, 5.41) is 7.47. The van der Waals surface area contributed by atoms with Crippen molar-refractivity contribution in [3.63, 3.8) is 0 Å². The number of hydrogen-bond acceptors (Lipinski definition) is 4. The van der Waals surface area contributed by atoms with Crippen molar-refractivity contribution in [1.29, 1.82) is 0 Å². The van der Waals surface area contributed by atoms with E-state index in [1.807, 2.05) is 4.90 Å². The predicted octanol–water partition coefficient (Wildman–Crippen LogP) is 1.28. The monoisotopic (exact) mass is 259 g/mol. The SMILES string of the molecule is C=CCO[C@@H]1[C@H]2CC[C@H]1N(C(=O)c1ccnnc1)C2. The van der Waals surface area contributed by atoms with Gasteiger partial charge in [0.15, 0.2) is 0 Å². The predicted molar refractivity (Wildman–Crippen MR) is 69.5 cm³/mol. The van der Waals surface area contributed by atoms with Gasteiger partial charge in [-0.2, -0.15) is 10.2 Å². The Labute approximate surface area is 112 Å². The summed E-state index contributed by atoms with van der Waals surface area (Å²) in [5.41, 5.74) is 0.602. The molecule has 100 valence electrons. The third-order valence-corrected chi connectivity index (χ3v) is 4.01. The molecule has 2 bridgehead atoms. The van der Waals surface area contributed by atoms with Crippen molar-refractivity contribution in [2.24, 2.45) is 5.92 Å². The van der Waals surface area contributed by atoms with Crippen molar-refractivity contribution in [1.82, 2.24) is 15.1 Å². The Balaban J connectivity index is 1.74. The molecule has 3 rings (SSSR count). The van der Waals surface area contributed by atoms with Gasteiger partial charge in [0.2, 0.25) is 0 Å². The van der Waals surface area contributed by atoms with E-state index < -0.39 is 0 Å². The number of piperidine rings is 1. The first-order valence-corrected chi connectivity index (χ1v) is 6.61. The zero-order chi connectivity index (χ0) is 13.2. The van der Waals surface area contributed by atoms with Gasteiger partial charge in [0, 0.05) is 12.5 Å². The summed E-state index contributed by atoms with van der Waals surface area (Å²) in [6, 6.07) is 1.91. The second-order valence-corrected chi connectivity index (χ2v) is 5.08. The van der Waals surface area contributed by atoms with Gasteiger partial charge in [-0.1, -0.05) is 6.08 Å². The number of aromatic nitrogens is 2. The Morgan fingerprint density at radius 1 is 1.53 bits per heavy atom. The van der Waals surface area contributed by atoms with Crippen molar-refractivity contribution >= 4 is 5.91 Å². The minimum Gasteiger partial charge on any atom is -0.372 e. The molecule has 3 atom stereocenters. The first-order valence-electron chi connectivity index (χ1n) is 6.61. The number of rotatable bonds is 4. The van der Waals surface area contributed by atoms with E-state index in [1.54, 1.807) is 18.3 Å². The molecule has 1 aliphatic heterocycles. The first-order chi connectivity index (χ1) is 9.31. The Hall–Kier alpha value is -1.75. The second kappa shape index (κ2) is 5.09. The normalized spacial score (nSPS) is 28.6. The van der Waals surface area contributed by atoms with E-state index >= 15 is 0 Å². The van der Waals surface area contributed by atoms with Gasteiger partial charge in [-0.3, -0.25) is 4.79 Å². The van der Waals surface area contributed by atoms with Crippen molar-refractivity contribution in [3.05, 3.63) is 36.7 Å². The molecular weight excluding hydrogens is 242 g/mol. The molecule has 0 N–H and O–H groups in total. The molecule has 2 fully saturated rings. The van der Waals surface area contributed by atoms with Gasteiger partial charge >= 0.3 is 0 Å². The zero-order valence-electron chi connectivity index (χ0n) is 10.7. The lowest BCUT2D eigenvalue weighted by Gasteiger charge is -2.27. The zero-order valence-corrected chi connectivity index (χ0v) is 10.7. The summed E-state index contributed by atoms with van der Waals surface area (Å²) in [7, 11) is 0. The molecule has 1 saturated carbocycles. The summed E-state index contributed by atoms with van der Waals surface area (Å²) in [6.45, 7) is 5.01. The number of hydrogen-bond donors (Lipinski definition) is 0. The number of carbonyl (C=O) groups excluding carboxylic acids is 1. The topological polar surface area (TPSA) is 55.3 Å². The maximum atomic E-state index is 12.4. The van der Waals surface area contributed by atoms with Crippen molar-refractivity contribution in [3.8, 4) is 0 Å². The molecule has 5 nitrogen and oxygen atoms in total. The number of nitrogens with zero attached hydrogens (tertiary/aromatic N) is 3. The van der Waals surface area contributed by atoms with E-state index in [4.69, 9.17) is 4.74 Å². The molecular formula is C14H17N3O2. The molecule has 19 heavy (non-hydrogen) atoms. The third-order valence-electron chi connectivity index (χ3n) is 4.01. The fourth-order valence-corrected chi connectivity index (χ4v) is 3.19. The highest BCUT2D eigenvalue weighted by Gasteiger charge is 2.49. The van der Waals surface area contributed by atoms with Gasteiger partial charge in [0.1, 0.15) is 0 Å². The number of carbonyl (C=O) groups is 1. The van der Waals surface area contributed by atoms with Crippen LogP contribution in [0.5, 0.6) is 0 Å². The van der Waals surface area contributed by atoms with Crippen LogP contribution in [0.4, 0.5) is 0 Å². The number of likely N-dealkylation sites (tertiary alicyclic amines) is 1. The minimum atomic E-state index is 0.0364. The van der Waals surface area contributed by atoms with Crippen molar-refractivity contribution < 1.29 is 9.53 Å². The maximum Gasteiger partial charge on any atom is 0.255 e. The third kappa shape index (κ3) is 2.14. The van der Waals surface area contributed by atoms with Gasteiger partial charge in [0.05, 0.1) is 36.7 Å². The van der Waals surface area contributed by atoms with Gasteiger partial charge < -0.3 is 9.64 Å². The smallest absolute Gasteiger partial charge is 0.255 e. The summed E-state index contributed by atoms with van der Waals surface area (Å²) in [4.78, 5) is 14.4. The van der Waals surface area contributed by atoms with Gasteiger partial charge in [-0.05, 0) is 18.9 Å². The second-order valence-electron chi connectivity index (χ2n) is 5.08. The lowest BCUT2D eigenvalue weighted by Crippen LogP contribution is -2.40. The summed E-state index contributed by atoms with van der Waals surface area (Å²) >= 11 is 0. The molecule has 1 saturated heterocycles. The van der Waals surface area contributed by atoms with Crippen molar-refractivity contribution in [2.45, 2.75) is 25.0 Å². The standard InChI is InChI=1S/C14H17N3O2/c1-2-7-19-13-11-3-4-12(13)17(9-11)14(18)10-5-6-15-16-8-10/h2,5-6,8,11-13H,1,3-4,7,9H2/t11-,12+,13+/m0/s1. The number of amides is 1. The molecule has 0 unspecified atom stereocenters. The lowest BCUT2D eigenvalue weighted by molar-refractivity contribution is 0.0408. The van der Waals surface area contributed by atoms with E-state index in [0.717, 1.165) is 19.4 Å². The van der Waals surface area contributed by atoms with Crippen LogP contribution in [0, 0.1) is 5.92 Å². The summed E-state index contributed by atoms with van der Waals surface area (Å²) in [5.74, 6) is 0.498. The fourth-order valence-electron chi connectivity index (χ4n) is 3.19. The van der Waals surface area contributed by atoms with Gasteiger partial charge in [-0.15, -0.1) is 6.58 Å². The van der Waals surface area contributed by atoms with Crippen LogP contribution in [0.1, 0.15) is 23.2 Å². The van der Waals surface area contributed by atoms with Gasteiger partial charge in [0.25, 0.3) is 5.91 Å². The average molecular weight is 259 g/mol. The number of fused-ring (bicyclic) bond motifs is 2. The van der Waals surface area contributed by atoms with E-state index in [1.165, 1.54) is 6.20 Å². The van der Waals surface area contributed by atoms with Crippen LogP contribution in [0.15, 0.2) is 31.1 Å². The quantitative estimate of drug-likeness (QED) is 0.764. The van der Waals surface area contributed by atoms with Crippen LogP contribution in [0.2, 0.25) is 0 Å². The Bertz CT molecular complexity index is 477. The van der Waals surface area contributed by atoms with Crippen LogP contribution in [-0.2, 0) is 4.74 Å². The molecule has 0 radical (unpaired) electrons. The van der Waals surface area contributed by atoms with E-state index in [2.05, 4.69) is 16.8 Å². The summed E-state index contributed by atoms with van der Waals surface area (Å²) in [6.07, 6.45) is 7.16. The highest BCUT2D eigenvalue weighted by atomic mass is 16.5. The van der Waals surface area contributed by atoms with Crippen LogP contribution < -0.4 is 0 Å². The van der Waals surface area contributed by atoms with Crippen LogP contribution in [0.25, 0.3) is 0 Å². The molecule has 5 heteroatoms. The summed E-state index contributed by atoms with van der Waals surface area (Å²) < 4.78 is 5.82. The fraction of sp³-hybridized carbons (Fsp3) is 0.500. The van der Waals surface area contributed by atoms with Gasteiger partial charge in [-0.25, -0.2) is 0 Å². The average Bonchev–Trinajstić information content (AvgIpc) is 3.02. The van der Waals surface area contributed by atoms with Crippen LogP contribution >= 0.6 is 0 Å². The molecule has 1 aromatic heterocycles. The minimum absolute atomic E-state index is 0.0364. The first kappa shape index (κ1) is 12.3. The molecule has 0 spiro atoms. The molecule has 1 aliphatic carbocycles.